The van der Waals surface area contributed by atoms with E-state index >= 15 is 0 Å². The fourth-order valence-electron chi connectivity index (χ4n) is 3.63. The summed E-state index contributed by atoms with van der Waals surface area (Å²) in [6, 6.07) is 1.89. The smallest absolute Gasteiger partial charge is 0.257 e. The van der Waals surface area contributed by atoms with E-state index in [2.05, 4.69) is 21.9 Å². The van der Waals surface area contributed by atoms with E-state index in [1.807, 2.05) is 21.8 Å². The molecule has 2 fully saturated rings. The molecule has 1 atom stereocenters. The van der Waals surface area contributed by atoms with E-state index in [-0.39, 0.29) is 12.0 Å². The van der Waals surface area contributed by atoms with Crippen molar-refractivity contribution in [3.63, 3.8) is 0 Å². The molecule has 2 aliphatic rings. The standard InChI is InChI=1S/C19H26N6O2/c1-2-7-25-13-15(12-21-25)18(26)24-10-11-27-17(14-24)16-5-6-20-19(22-16)23-8-3-4-9-23/h5-6,12-13,17H,2-4,7-11,14H2,1H3. The highest BCUT2D eigenvalue weighted by atomic mass is 16.5. The highest BCUT2D eigenvalue weighted by Crippen LogP contribution is 2.24. The first-order chi connectivity index (χ1) is 13.2. The van der Waals surface area contributed by atoms with Crippen LogP contribution in [0.25, 0.3) is 0 Å². The Bertz CT molecular complexity index is 786. The molecule has 1 unspecified atom stereocenters. The molecule has 4 rings (SSSR count). The SMILES string of the molecule is CCCn1cc(C(=O)N2CCOC(c3ccnc(N4CCCC4)n3)C2)cn1. The molecule has 0 radical (unpaired) electrons. The summed E-state index contributed by atoms with van der Waals surface area (Å²) >= 11 is 0. The highest BCUT2D eigenvalue weighted by molar-refractivity contribution is 5.93. The number of amides is 1. The van der Waals surface area contributed by atoms with Gasteiger partial charge in [0.2, 0.25) is 5.95 Å². The maximum Gasteiger partial charge on any atom is 0.257 e. The van der Waals surface area contributed by atoms with E-state index in [1.54, 1.807) is 12.4 Å². The molecule has 0 aromatic carbocycles. The van der Waals surface area contributed by atoms with Crippen LogP contribution in [0.15, 0.2) is 24.7 Å². The van der Waals surface area contributed by atoms with Crippen LogP contribution in [0.1, 0.15) is 48.3 Å². The number of ether oxygens (including phenoxy) is 1. The zero-order chi connectivity index (χ0) is 18.6. The summed E-state index contributed by atoms with van der Waals surface area (Å²) in [6.07, 6.45) is 8.39. The second-order valence-electron chi connectivity index (χ2n) is 7.08. The van der Waals surface area contributed by atoms with E-state index in [1.165, 1.54) is 12.8 Å². The molecule has 0 spiro atoms. The molecule has 2 saturated heterocycles. The topological polar surface area (TPSA) is 76.4 Å². The van der Waals surface area contributed by atoms with Gasteiger partial charge in [0, 0.05) is 38.6 Å². The van der Waals surface area contributed by atoms with Crippen LogP contribution < -0.4 is 4.90 Å². The summed E-state index contributed by atoms with van der Waals surface area (Å²) in [4.78, 5) is 26.0. The van der Waals surface area contributed by atoms with Gasteiger partial charge in [0.25, 0.3) is 5.91 Å². The summed E-state index contributed by atoms with van der Waals surface area (Å²) in [6.45, 7) is 6.49. The van der Waals surface area contributed by atoms with Gasteiger partial charge in [-0.15, -0.1) is 0 Å². The highest BCUT2D eigenvalue weighted by Gasteiger charge is 2.28. The zero-order valence-electron chi connectivity index (χ0n) is 15.8. The Morgan fingerprint density at radius 1 is 1.30 bits per heavy atom. The average Bonchev–Trinajstić information content (AvgIpc) is 3.40. The number of carbonyl (C=O) groups is 1. The lowest BCUT2D eigenvalue weighted by Gasteiger charge is -2.32. The van der Waals surface area contributed by atoms with Crippen molar-refractivity contribution in [1.29, 1.82) is 0 Å². The number of rotatable bonds is 5. The van der Waals surface area contributed by atoms with Gasteiger partial charge in [-0.3, -0.25) is 9.48 Å². The monoisotopic (exact) mass is 370 g/mol. The number of aryl methyl sites for hydroxylation is 1. The van der Waals surface area contributed by atoms with Crippen molar-refractivity contribution >= 4 is 11.9 Å². The van der Waals surface area contributed by atoms with E-state index in [4.69, 9.17) is 9.72 Å². The number of carbonyl (C=O) groups excluding carboxylic acids is 1. The van der Waals surface area contributed by atoms with Crippen molar-refractivity contribution in [2.45, 2.75) is 38.8 Å². The summed E-state index contributed by atoms with van der Waals surface area (Å²) in [5.74, 6) is 0.761. The minimum Gasteiger partial charge on any atom is -0.368 e. The minimum absolute atomic E-state index is 0.000486. The molecule has 2 aliphatic heterocycles. The molecule has 144 valence electrons. The van der Waals surface area contributed by atoms with Gasteiger partial charge in [-0.2, -0.15) is 5.10 Å². The Kier molecular flexibility index (Phi) is 5.33. The number of aromatic nitrogens is 4. The van der Waals surface area contributed by atoms with Crippen LogP contribution in [-0.4, -0.2) is 63.3 Å². The van der Waals surface area contributed by atoms with Gasteiger partial charge in [0.15, 0.2) is 0 Å². The summed E-state index contributed by atoms with van der Waals surface area (Å²) in [5, 5.41) is 4.27. The lowest BCUT2D eigenvalue weighted by atomic mass is 10.2. The van der Waals surface area contributed by atoms with Crippen LogP contribution in [-0.2, 0) is 11.3 Å². The lowest BCUT2D eigenvalue weighted by Crippen LogP contribution is -2.42. The van der Waals surface area contributed by atoms with E-state index < -0.39 is 0 Å². The van der Waals surface area contributed by atoms with Crippen LogP contribution in [0.5, 0.6) is 0 Å². The molecular formula is C19H26N6O2. The molecule has 0 bridgehead atoms. The largest absolute Gasteiger partial charge is 0.368 e. The van der Waals surface area contributed by atoms with Crippen LogP contribution in [0.2, 0.25) is 0 Å². The van der Waals surface area contributed by atoms with Crippen molar-refractivity contribution in [2.75, 3.05) is 37.7 Å². The first-order valence-electron chi connectivity index (χ1n) is 9.76. The van der Waals surface area contributed by atoms with Crippen molar-refractivity contribution in [3.8, 4) is 0 Å². The van der Waals surface area contributed by atoms with Gasteiger partial charge >= 0.3 is 0 Å². The van der Waals surface area contributed by atoms with Gasteiger partial charge in [0.05, 0.1) is 30.6 Å². The number of nitrogens with zero attached hydrogens (tertiary/aromatic N) is 6. The lowest BCUT2D eigenvalue weighted by molar-refractivity contribution is -0.0247. The maximum atomic E-state index is 12.8. The molecule has 0 saturated carbocycles. The Hall–Kier alpha value is -2.48. The van der Waals surface area contributed by atoms with Crippen LogP contribution >= 0.6 is 0 Å². The van der Waals surface area contributed by atoms with Crippen molar-refractivity contribution in [2.24, 2.45) is 0 Å². The van der Waals surface area contributed by atoms with E-state index in [0.717, 1.165) is 37.7 Å². The van der Waals surface area contributed by atoms with Crippen LogP contribution in [0.4, 0.5) is 5.95 Å². The molecule has 8 nitrogen and oxygen atoms in total. The normalized spacial score (nSPS) is 20.3. The first-order valence-corrected chi connectivity index (χ1v) is 9.76. The molecule has 0 aliphatic carbocycles. The van der Waals surface area contributed by atoms with Crippen molar-refractivity contribution in [1.82, 2.24) is 24.6 Å². The Morgan fingerprint density at radius 2 is 2.15 bits per heavy atom. The van der Waals surface area contributed by atoms with Gasteiger partial charge in [-0.25, -0.2) is 9.97 Å². The molecule has 4 heterocycles. The van der Waals surface area contributed by atoms with Crippen LogP contribution in [0, 0.1) is 0 Å². The summed E-state index contributed by atoms with van der Waals surface area (Å²) in [7, 11) is 0. The van der Waals surface area contributed by atoms with Gasteiger partial charge < -0.3 is 14.5 Å². The predicted octanol–water partition coefficient (Wildman–Crippen LogP) is 1.90. The molecule has 2 aromatic heterocycles. The maximum absolute atomic E-state index is 12.8. The molecule has 1 amide bonds. The molecule has 8 heteroatoms. The fraction of sp³-hybridized carbons (Fsp3) is 0.579. The molecule has 27 heavy (non-hydrogen) atoms. The quantitative estimate of drug-likeness (QED) is 0.800. The number of morpholine rings is 1. The van der Waals surface area contributed by atoms with Gasteiger partial charge in [0.1, 0.15) is 6.10 Å². The second-order valence-corrected chi connectivity index (χ2v) is 7.08. The summed E-state index contributed by atoms with van der Waals surface area (Å²) in [5.41, 5.74) is 1.47. The minimum atomic E-state index is -0.224. The zero-order valence-corrected chi connectivity index (χ0v) is 15.8. The third-order valence-corrected chi connectivity index (χ3v) is 5.07. The molecular weight excluding hydrogens is 344 g/mol. The van der Waals surface area contributed by atoms with E-state index in [0.29, 0.717) is 25.3 Å². The van der Waals surface area contributed by atoms with Gasteiger partial charge in [-0.1, -0.05) is 6.92 Å². The number of hydrogen-bond donors (Lipinski definition) is 0. The Balaban J connectivity index is 1.46. The number of hydrogen-bond acceptors (Lipinski definition) is 6. The third-order valence-electron chi connectivity index (χ3n) is 5.07. The van der Waals surface area contributed by atoms with Crippen molar-refractivity contribution in [3.05, 3.63) is 35.9 Å². The van der Waals surface area contributed by atoms with Gasteiger partial charge in [-0.05, 0) is 25.3 Å². The Morgan fingerprint density at radius 3 is 2.96 bits per heavy atom. The molecule has 0 N–H and O–H groups in total. The predicted molar refractivity (Wildman–Crippen MR) is 101 cm³/mol. The average molecular weight is 370 g/mol. The van der Waals surface area contributed by atoms with Crippen molar-refractivity contribution < 1.29 is 9.53 Å². The number of anilines is 1. The molecule has 2 aromatic rings. The fourth-order valence-corrected chi connectivity index (χ4v) is 3.63. The van der Waals surface area contributed by atoms with E-state index in [9.17, 15) is 4.79 Å². The third kappa shape index (κ3) is 3.95. The Labute approximate surface area is 159 Å². The first kappa shape index (κ1) is 17.9. The van der Waals surface area contributed by atoms with Crippen LogP contribution in [0.3, 0.4) is 0 Å². The second kappa shape index (κ2) is 8.04. The summed E-state index contributed by atoms with van der Waals surface area (Å²) < 4.78 is 7.74.